The lowest BCUT2D eigenvalue weighted by molar-refractivity contribution is -0.139. The van der Waals surface area contributed by atoms with Gasteiger partial charge in [0.25, 0.3) is 0 Å². The fourth-order valence-corrected chi connectivity index (χ4v) is 3.02. The molecule has 6 heteroatoms. The van der Waals surface area contributed by atoms with Crippen molar-refractivity contribution in [3.8, 4) is 0 Å². The average molecular weight is 341 g/mol. The van der Waals surface area contributed by atoms with E-state index in [0.717, 1.165) is 31.2 Å². The van der Waals surface area contributed by atoms with E-state index in [0.29, 0.717) is 5.69 Å². The van der Waals surface area contributed by atoms with E-state index in [2.05, 4.69) is 10.1 Å². The molecule has 3 N–H and O–H groups in total. The summed E-state index contributed by atoms with van der Waals surface area (Å²) in [4.78, 5) is 23.8. The van der Waals surface area contributed by atoms with Crippen molar-refractivity contribution in [2.45, 2.75) is 44.6 Å². The highest BCUT2D eigenvalue weighted by molar-refractivity contribution is 5.93. The Balaban J connectivity index is 0.00000264. The summed E-state index contributed by atoms with van der Waals surface area (Å²) in [7, 11) is 1.36. The minimum Gasteiger partial charge on any atom is -0.469 e. The van der Waals surface area contributed by atoms with Gasteiger partial charge in [-0.3, -0.25) is 9.59 Å². The minimum atomic E-state index is -0.452. The van der Waals surface area contributed by atoms with Crippen LogP contribution in [0.1, 0.15) is 38.2 Å². The lowest BCUT2D eigenvalue weighted by Gasteiger charge is -2.37. The molecule has 128 valence electrons. The Labute approximate surface area is 143 Å². The first-order chi connectivity index (χ1) is 10.4. The maximum atomic E-state index is 12.5. The van der Waals surface area contributed by atoms with Gasteiger partial charge in [-0.2, -0.15) is 0 Å². The Kier molecular flexibility index (Phi) is 7.03. The first-order valence-corrected chi connectivity index (χ1v) is 7.68. The van der Waals surface area contributed by atoms with Gasteiger partial charge in [0.05, 0.1) is 19.4 Å². The van der Waals surface area contributed by atoms with Crippen LogP contribution in [0.15, 0.2) is 24.3 Å². The third kappa shape index (κ3) is 5.22. The van der Waals surface area contributed by atoms with Crippen LogP contribution in [-0.4, -0.2) is 24.5 Å². The number of hydrogen-bond acceptors (Lipinski definition) is 4. The van der Waals surface area contributed by atoms with E-state index in [4.69, 9.17) is 5.73 Å². The zero-order valence-corrected chi connectivity index (χ0v) is 14.4. The van der Waals surface area contributed by atoms with Crippen molar-refractivity contribution in [1.82, 2.24) is 0 Å². The Hall–Kier alpha value is -1.59. The molecule has 2 unspecified atom stereocenters. The van der Waals surface area contributed by atoms with Crippen LogP contribution in [0.25, 0.3) is 0 Å². The van der Waals surface area contributed by atoms with Crippen molar-refractivity contribution in [1.29, 1.82) is 0 Å². The van der Waals surface area contributed by atoms with Crippen LogP contribution in [0.4, 0.5) is 5.69 Å². The number of methoxy groups -OCH3 is 1. The van der Waals surface area contributed by atoms with Crippen LogP contribution in [0.3, 0.4) is 0 Å². The summed E-state index contributed by atoms with van der Waals surface area (Å²) in [5, 5.41) is 2.93. The molecule has 0 spiro atoms. The summed E-state index contributed by atoms with van der Waals surface area (Å²) in [5.41, 5.74) is 7.31. The van der Waals surface area contributed by atoms with E-state index in [1.807, 2.05) is 25.1 Å². The number of carbonyl (C=O) groups is 2. The first kappa shape index (κ1) is 19.5. The van der Waals surface area contributed by atoms with E-state index >= 15 is 0 Å². The standard InChI is InChI=1S/C17H24N2O3.ClH/c1-17(18)9-4-3-8-14(17)16(21)19-13-7-5-6-12(10-13)11-15(20)22-2;/h5-7,10,14H,3-4,8-9,11,18H2,1-2H3,(H,19,21);1H. The number of amides is 1. The van der Waals surface area contributed by atoms with E-state index in [-0.39, 0.29) is 36.6 Å². The highest BCUT2D eigenvalue weighted by Gasteiger charge is 2.37. The number of rotatable bonds is 4. The number of hydrogen-bond donors (Lipinski definition) is 2. The predicted molar refractivity (Wildman–Crippen MR) is 92.6 cm³/mol. The van der Waals surface area contributed by atoms with Crippen molar-refractivity contribution in [2.24, 2.45) is 11.7 Å². The molecule has 0 radical (unpaired) electrons. The fourth-order valence-electron chi connectivity index (χ4n) is 3.02. The molecule has 0 aliphatic heterocycles. The SMILES string of the molecule is COC(=O)Cc1cccc(NC(=O)C2CCCCC2(C)N)c1.Cl. The van der Waals surface area contributed by atoms with Gasteiger partial charge in [-0.05, 0) is 37.5 Å². The highest BCUT2D eigenvalue weighted by Crippen LogP contribution is 2.32. The molecule has 0 bridgehead atoms. The molecule has 5 nitrogen and oxygen atoms in total. The molecular formula is C17H25ClN2O3. The summed E-state index contributed by atoms with van der Waals surface area (Å²) in [5.74, 6) is -0.518. The van der Waals surface area contributed by atoms with Crippen molar-refractivity contribution in [2.75, 3.05) is 12.4 Å². The van der Waals surface area contributed by atoms with Crippen LogP contribution >= 0.6 is 12.4 Å². The number of nitrogens with one attached hydrogen (secondary N) is 1. The molecule has 0 heterocycles. The van der Waals surface area contributed by atoms with E-state index in [1.54, 1.807) is 6.07 Å². The fraction of sp³-hybridized carbons (Fsp3) is 0.529. The van der Waals surface area contributed by atoms with Gasteiger partial charge in [0.2, 0.25) is 5.91 Å². The Morgan fingerprint density at radius 2 is 2.13 bits per heavy atom. The van der Waals surface area contributed by atoms with Gasteiger partial charge in [-0.25, -0.2) is 0 Å². The molecule has 1 saturated carbocycles. The quantitative estimate of drug-likeness (QED) is 0.826. The van der Waals surface area contributed by atoms with Gasteiger partial charge in [0, 0.05) is 11.2 Å². The number of nitrogens with two attached hydrogens (primary N) is 1. The van der Waals surface area contributed by atoms with Gasteiger partial charge in [-0.15, -0.1) is 12.4 Å². The summed E-state index contributed by atoms with van der Waals surface area (Å²) in [6.07, 6.45) is 3.99. The molecule has 1 amide bonds. The lowest BCUT2D eigenvalue weighted by atomic mass is 9.74. The third-order valence-electron chi connectivity index (χ3n) is 4.34. The van der Waals surface area contributed by atoms with Crippen molar-refractivity contribution >= 4 is 30.0 Å². The average Bonchev–Trinajstić information content (AvgIpc) is 2.46. The summed E-state index contributed by atoms with van der Waals surface area (Å²) < 4.78 is 4.65. The van der Waals surface area contributed by atoms with Crippen molar-refractivity contribution < 1.29 is 14.3 Å². The normalized spacial score (nSPS) is 23.5. The Morgan fingerprint density at radius 3 is 2.78 bits per heavy atom. The molecule has 1 aliphatic carbocycles. The molecule has 23 heavy (non-hydrogen) atoms. The van der Waals surface area contributed by atoms with Crippen LogP contribution in [0.2, 0.25) is 0 Å². The zero-order chi connectivity index (χ0) is 16.2. The number of ether oxygens (including phenoxy) is 1. The topological polar surface area (TPSA) is 81.4 Å². The molecule has 2 atom stereocenters. The van der Waals surface area contributed by atoms with E-state index < -0.39 is 5.54 Å². The molecule has 1 aromatic carbocycles. The number of esters is 1. The molecule has 1 aliphatic rings. The smallest absolute Gasteiger partial charge is 0.309 e. The number of anilines is 1. The minimum absolute atomic E-state index is 0. The van der Waals surface area contributed by atoms with Crippen LogP contribution < -0.4 is 11.1 Å². The van der Waals surface area contributed by atoms with E-state index in [1.165, 1.54) is 7.11 Å². The highest BCUT2D eigenvalue weighted by atomic mass is 35.5. The third-order valence-corrected chi connectivity index (χ3v) is 4.34. The van der Waals surface area contributed by atoms with Crippen molar-refractivity contribution in [3.63, 3.8) is 0 Å². The van der Waals surface area contributed by atoms with Crippen LogP contribution in [-0.2, 0) is 20.7 Å². The molecule has 1 fully saturated rings. The first-order valence-electron chi connectivity index (χ1n) is 7.68. The second-order valence-corrected chi connectivity index (χ2v) is 6.25. The van der Waals surface area contributed by atoms with Gasteiger partial charge in [-0.1, -0.05) is 25.0 Å². The number of benzene rings is 1. The van der Waals surface area contributed by atoms with Gasteiger partial charge < -0.3 is 15.8 Å². The van der Waals surface area contributed by atoms with E-state index in [9.17, 15) is 9.59 Å². The van der Waals surface area contributed by atoms with Gasteiger partial charge in [0.1, 0.15) is 0 Å². The Bertz CT molecular complexity index is 561. The monoisotopic (exact) mass is 340 g/mol. The molecule has 2 rings (SSSR count). The zero-order valence-electron chi connectivity index (χ0n) is 13.6. The van der Waals surface area contributed by atoms with Crippen LogP contribution in [0, 0.1) is 5.92 Å². The molecule has 1 aromatic rings. The lowest BCUT2D eigenvalue weighted by Crippen LogP contribution is -2.51. The number of carbonyl (C=O) groups excluding carboxylic acids is 2. The maximum absolute atomic E-state index is 12.5. The number of halogens is 1. The van der Waals surface area contributed by atoms with Gasteiger partial charge in [0.15, 0.2) is 0 Å². The Morgan fingerprint density at radius 1 is 1.39 bits per heavy atom. The van der Waals surface area contributed by atoms with Gasteiger partial charge >= 0.3 is 5.97 Å². The summed E-state index contributed by atoms with van der Waals surface area (Å²) >= 11 is 0. The predicted octanol–water partition coefficient (Wildman–Crippen LogP) is 2.67. The van der Waals surface area contributed by atoms with Crippen molar-refractivity contribution in [3.05, 3.63) is 29.8 Å². The molecule has 0 aromatic heterocycles. The molecule has 0 saturated heterocycles. The second kappa shape index (κ2) is 8.31. The largest absolute Gasteiger partial charge is 0.469 e. The van der Waals surface area contributed by atoms with Crippen LogP contribution in [0.5, 0.6) is 0 Å². The second-order valence-electron chi connectivity index (χ2n) is 6.25. The maximum Gasteiger partial charge on any atom is 0.309 e. The molecular weight excluding hydrogens is 316 g/mol. The summed E-state index contributed by atoms with van der Waals surface area (Å²) in [6, 6.07) is 7.26. The summed E-state index contributed by atoms with van der Waals surface area (Å²) in [6.45, 7) is 1.95.